The molecule has 5 nitrogen and oxygen atoms in total. The lowest BCUT2D eigenvalue weighted by Gasteiger charge is -2.28. The highest BCUT2D eigenvalue weighted by atomic mass is 16.3. The second-order valence-corrected chi connectivity index (χ2v) is 4.75. The van der Waals surface area contributed by atoms with Crippen LogP contribution < -0.4 is 5.32 Å². The molecular weight excluding hydrogens is 252 g/mol. The molecule has 0 spiro atoms. The lowest BCUT2D eigenvalue weighted by molar-refractivity contribution is 0.142. The number of nitrogens with zero attached hydrogens (tertiary/aromatic N) is 3. The maximum Gasteiger partial charge on any atom is 0.206 e. The molecule has 0 saturated heterocycles. The van der Waals surface area contributed by atoms with Crippen molar-refractivity contribution in [2.75, 3.05) is 13.1 Å². The molecule has 3 heterocycles. The standard InChI is InChI=1S/C15H16N4O/c1-11-5-4-8-17-13(11)15(20,14-18-9-10-19-14)12-6-2-3-7-16-12/h2-8,20H,9-10H2,1H3,(H,18,19). The summed E-state index contributed by atoms with van der Waals surface area (Å²) in [5, 5.41) is 14.5. The van der Waals surface area contributed by atoms with E-state index in [1.807, 2.05) is 31.2 Å². The average molecular weight is 268 g/mol. The van der Waals surface area contributed by atoms with E-state index in [0.29, 0.717) is 23.8 Å². The number of nitrogens with one attached hydrogen (secondary N) is 1. The first-order valence-electron chi connectivity index (χ1n) is 6.57. The van der Waals surface area contributed by atoms with Crippen molar-refractivity contribution in [1.29, 1.82) is 0 Å². The van der Waals surface area contributed by atoms with Crippen molar-refractivity contribution in [2.45, 2.75) is 12.5 Å². The summed E-state index contributed by atoms with van der Waals surface area (Å²) in [5.41, 5.74) is 0.558. The molecule has 2 N–H and O–H groups in total. The zero-order valence-corrected chi connectivity index (χ0v) is 11.2. The average Bonchev–Trinajstić information content (AvgIpc) is 3.03. The Hall–Kier alpha value is -2.27. The van der Waals surface area contributed by atoms with Gasteiger partial charge in [0.05, 0.1) is 17.9 Å². The van der Waals surface area contributed by atoms with Crippen LogP contribution >= 0.6 is 0 Å². The van der Waals surface area contributed by atoms with Crippen LogP contribution in [-0.2, 0) is 5.60 Å². The highest BCUT2D eigenvalue weighted by Crippen LogP contribution is 2.30. The first-order valence-corrected chi connectivity index (χ1v) is 6.57. The number of aryl methyl sites for hydroxylation is 1. The van der Waals surface area contributed by atoms with Crippen LogP contribution in [-0.4, -0.2) is 34.0 Å². The molecule has 0 fully saturated rings. The Labute approximate surface area is 117 Å². The summed E-state index contributed by atoms with van der Waals surface area (Å²) >= 11 is 0. The summed E-state index contributed by atoms with van der Waals surface area (Å²) in [6, 6.07) is 9.23. The third-order valence-electron chi connectivity index (χ3n) is 3.40. The van der Waals surface area contributed by atoms with Crippen LogP contribution in [0.2, 0.25) is 0 Å². The van der Waals surface area contributed by atoms with Crippen LogP contribution in [0, 0.1) is 6.92 Å². The topological polar surface area (TPSA) is 70.4 Å². The van der Waals surface area contributed by atoms with E-state index in [1.54, 1.807) is 18.5 Å². The molecule has 0 radical (unpaired) electrons. The minimum absolute atomic E-state index is 0.512. The summed E-state index contributed by atoms with van der Waals surface area (Å²) in [5.74, 6) is 0.512. The normalized spacial score (nSPS) is 17.2. The largest absolute Gasteiger partial charge is 0.371 e. The Morgan fingerprint density at radius 2 is 2.00 bits per heavy atom. The number of hydrogen-bond acceptors (Lipinski definition) is 5. The maximum absolute atomic E-state index is 11.3. The van der Waals surface area contributed by atoms with Gasteiger partial charge in [0.25, 0.3) is 0 Å². The molecule has 0 bridgehead atoms. The molecule has 1 aliphatic heterocycles. The third kappa shape index (κ3) is 1.96. The van der Waals surface area contributed by atoms with Crippen LogP contribution in [0.1, 0.15) is 17.0 Å². The Morgan fingerprint density at radius 1 is 1.15 bits per heavy atom. The summed E-state index contributed by atoms with van der Waals surface area (Å²) in [7, 11) is 0. The third-order valence-corrected chi connectivity index (χ3v) is 3.40. The zero-order valence-electron chi connectivity index (χ0n) is 11.2. The molecule has 0 saturated carbocycles. The SMILES string of the molecule is Cc1cccnc1C(O)(C1=NCCN1)c1ccccn1. The van der Waals surface area contributed by atoms with Crippen molar-refractivity contribution in [3.05, 3.63) is 59.7 Å². The highest BCUT2D eigenvalue weighted by molar-refractivity contribution is 5.95. The number of aliphatic imine (C=N–C) groups is 1. The fraction of sp³-hybridized carbons (Fsp3) is 0.267. The van der Waals surface area contributed by atoms with Crippen molar-refractivity contribution in [1.82, 2.24) is 15.3 Å². The molecule has 2 aromatic heterocycles. The van der Waals surface area contributed by atoms with Crippen LogP contribution in [0.15, 0.2) is 47.7 Å². The molecule has 1 atom stereocenters. The van der Waals surface area contributed by atoms with Gasteiger partial charge in [0, 0.05) is 18.9 Å². The number of aromatic nitrogens is 2. The van der Waals surface area contributed by atoms with Gasteiger partial charge in [-0.3, -0.25) is 15.0 Å². The molecular formula is C15H16N4O. The Morgan fingerprint density at radius 3 is 2.65 bits per heavy atom. The summed E-state index contributed by atoms with van der Waals surface area (Å²) in [6.07, 6.45) is 3.33. The molecule has 5 heteroatoms. The summed E-state index contributed by atoms with van der Waals surface area (Å²) in [4.78, 5) is 13.0. The zero-order chi connectivity index (χ0) is 14.0. The van der Waals surface area contributed by atoms with Gasteiger partial charge >= 0.3 is 0 Å². The van der Waals surface area contributed by atoms with E-state index in [1.165, 1.54) is 0 Å². The fourth-order valence-corrected chi connectivity index (χ4v) is 2.44. The van der Waals surface area contributed by atoms with Crippen LogP contribution in [0.5, 0.6) is 0 Å². The molecule has 3 rings (SSSR count). The van der Waals surface area contributed by atoms with Gasteiger partial charge in [-0.2, -0.15) is 0 Å². The maximum atomic E-state index is 11.3. The Balaban J connectivity index is 2.21. The van der Waals surface area contributed by atoms with Gasteiger partial charge in [0.2, 0.25) is 5.60 Å². The molecule has 2 aromatic rings. The van der Waals surface area contributed by atoms with E-state index in [4.69, 9.17) is 0 Å². The van der Waals surface area contributed by atoms with E-state index in [2.05, 4.69) is 20.3 Å². The number of aliphatic hydroxyl groups is 1. The van der Waals surface area contributed by atoms with Crippen molar-refractivity contribution in [3.8, 4) is 0 Å². The van der Waals surface area contributed by atoms with E-state index in [-0.39, 0.29) is 0 Å². The molecule has 0 amide bonds. The lowest BCUT2D eigenvalue weighted by atomic mass is 9.90. The van der Waals surface area contributed by atoms with Crippen LogP contribution in [0.25, 0.3) is 0 Å². The first-order chi connectivity index (χ1) is 9.73. The fourth-order valence-electron chi connectivity index (χ4n) is 2.44. The van der Waals surface area contributed by atoms with Crippen LogP contribution in [0.4, 0.5) is 0 Å². The predicted octanol–water partition coefficient (Wildman–Crippen LogP) is 1.02. The molecule has 1 unspecified atom stereocenters. The number of hydrogen-bond donors (Lipinski definition) is 2. The Bertz CT molecular complexity index is 641. The quantitative estimate of drug-likeness (QED) is 0.872. The summed E-state index contributed by atoms with van der Waals surface area (Å²) in [6.45, 7) is 3.29. The smallest absolute Gasteiger partial charge is 0.206 e. The van der Waals surface area contributed by atoms with E-state index in [9.17, 15) is 5.11 Å². The monoisotopic (exact) mass is 268 g/mol. The molecule has 102 valence electrons. The minimum Gasteiger partial charge on any atom is -0.371 e. The number of pyridine rings is 2. The number of rotatable bonds is 3. The van der Waals surface area contributed by atoms with Gasteiger partial charge in [0.15, 0.2) is 0 Å². The number of amidine groups is 1. The van der Waals surface area contributed by atoms with Crippen molar-refractivity contribution in [2.24, 2.45) is 4.99 Å². The van der Waals surface area contributed by atoms with Gasteiger partial charge in [-0.25, -0.2) is 0 Å². The van der Waals surface area contributed by atoms with Crippen molar-refractivity contribution in [3.63, 3.8) is 0 Å². The van der Waals surface area contributed by atoms with Gasteiger partial charge in [-0.15, -0.1) is 0 Å². The second-order valence-electron chi connectivity index (χ2n) is 4.75. The lowest BCUT2D eigenvalue weighted by Crippen LogP contribution is -2.45. The van der Waals surface area contributed by atoms with E-state index >= 15 is 0 Å². The van der Waals surface area contributed by atoms with Crippen LogP contribution in [0.3, 0.4) is 0 Å². The molecule has 0 aromatic carbocycles. The Kier molecular flexibility index (Phi) is 3.20. The van der Waals surface area contributed by atoms with E-state index in [0.717, 1.165) is 12.1 Å². The van der Waals surface area contributed by atoms with Gasteiger partial charge < -0.3 is 10.4 Å². The minimum atomic E-state index is -1.43. The molecule has 0 aliphatic carbocycles. The van der Waals surface area contributed by atoms with Crippen molar-refractivity contribution >= 4 is 5.84 Å². The van der Waals surface area contributed by atoms with Gasteiger partial charge in [-0.05, 0) is 30.7 Å². The second kappa shape index (κ2) is 5.02. The van der Waals surface area contributed by atoms with E-state index < -0.39 is 5.60 Å². The van der Waals surface area contributed by atoms with Gasteiger partial charge in [-0.1, -0.05) is 12.1 Å². The highest BCUT2D eigenvalue weighted by Gasteiger charge is 2.42. The molecule has 20 heavy (non-hydrogen) atoms. The first kappa shape index (κ1) is 12.7. The van der Waals surface area contributed by atoms with Gasteiger partial charge in [0.1, 0.15) is 5.84 Å². The van der Waals surface area contributed by atoms with Crippen molar-refractivity contribution < 1.29 is 5.11 Å². The predicted molar refractivity (Wildman–Crippen MR) is 76.5 cm³/mol. The molecule has 1 aliphatic rings. The summed E-state index contributed by atoms with van der Waals surface area (Å²) < 4.78 is 0.